The minimum atomic E-state index is -0.136. The second kappa shape index (κ2) is 7.74. The standard InChI is InChI=1S/C22H19N3O2/c26-22-19-13-7-8-14-20(19)24-21(16-27-18-11-5-2-6-12-18)25(22)23-15-17-9-3-1-4-10-17/h1-14,23H,15-16H2. The van der Waals surface area contributed by atoms with Crippen molar-refractivity contribution in [2.24, 2.45) is 0 Å². The van der Waals surface area contributed by atoms with E-state index in [1.807, 2.05) is 78.9 Å². The van der Waals surface area contributed by atoms with Gasteiger partial charge in [0, 0.05) is 0 Å². The SMILES string of the molecule is O=c1c2ccccc2nc(COc2ccccc2)n1NCc1ccccc1. The number of para-hydroxylation sites is 2. The molecule has 0 bridgehead atoms. The van der Waals surface area contributed by atoms with Crippen LogP contribution >= 0.6 is 0 Å². The molecule has 1 N–H and O–H groups in total. The van der Waals surface area contributed by atoms with Gasteiger partial charge in [0.05, 0.1) is 17.4 Å². The van der Waals surface area contributed by atoms with Crippen LogP contribution in [0, 0.1) is 0 Å². The van der Waals surface area contributed by atoms with E-state index in [1.54, 1.807) is 6.07 Å². The summed E-state index contributed by atoms with van der Waals surface area (Å²) in [6.07, 6.45) is 0. The molecule has 0 fully saturated rings. The molecule has 27 heavy (non-hydrogen) atoms. The molecule has 0 unspecified atom stereocenters. The van der Waals surface area contributed by atoms with E-state index in [0.29, 0.717) is 23.3 Å². The minimum Gasteiger partial charge on any atom is -0.486 e. The Morgan fingerprint density at radius 3 is 2.30 bits per heavy atom. The third kappa shape index (κ3) is 3.82. The lowest BCUT2D eigenvalue weighted by Crippen LogP contribution is -2.33. The third-order valence-electron chi connectivity index (χ3n) is 4.24. The summed E-state index contributed by atoms with van der Waals surface area (Å²) < 4.78 is 7.31. The van der Waals surface area contributed by atoms with Crippen LogP contribution in [0.1, 0.15) is 11.4 Å². The molecular formula is C22H19N3O2. The number of benzene rings is 3. The van der Waals surface area contributed by atoms with Crippen LogP contribution in [0.4, 0.5) is 0 Å². The van der Waals surface area contributed by atoms with E-state index in [9.17, 15) is 4.79 Å². The molecule has 3 aromatic carbocycles. The molecule has 1 aromatic heterocycles. The summed E-state index contributed by atoms with van der Waals surface area (Å²) in [5.41, 5.74) is 4.79. The Bertz CT molecular complexity index is 1090. The molecule has 0 amide bonds. The average molecular weight is 357 g/mol. The van der Waals surface area contributed by atoms with E-state index < -0.39 is 0 Å². The van der Waals surface area contributed by atoms with Gasteiger partial charge in [0.1, 0.15) is 12.4 Å². The third-order valence-corrected chi connectivity index (χ3v) is 4.24. The maximum absolute atomic E-state index is 13.0. The van der Waals surface area contributed by atoms with Crippen molar-refractivity contribution in [2.45, 2.75) is 13.2 Å². The molecule has 5 heteroatoms. The predicted molar refractivity (Wildman–Crippen MR) is 106 cm³/mol. The van der Waals surface area contributed by atoms with Crippen molar-refractivity contribution in [1.29, 1.82) is 0 Å². The van der Waals surface area contributed by atoms with Crippen LogP contribution in [0.3, 0.4) is 0 Å². The summed E-state index contributed by atoms with van der Waals surface area (Å²) in [6.45, 7) is 0.699. The van der Waals surface area contributed by atoms with Gasteiger partial charge >= 0.3 is 0 Å². The number of ether oxygens (including phenoxy) is 1. The summed E-state index contributed by atoms with van der Waals surface area (Å²) in [7, 11) is 0. The van der Waals surface area contributed by atoms with Gasteiger partial charge in [-0.1, -0.05) is 60.7 Å². The number of hydrogen-bond acceptors (Lipinski definition) is 4. The number of hydrogen-bond donors (Lipinski definition) is 1. The largest absolute Gasteiger partial charge is 0.486 e. The molecule has 0 atom stereocenters. The number of nitrogens with one attached hydrogen (secondary N) is 1. The van der Waals surface area contributed by atoms with Crippen molar-refractivity contribution in [1.82, 2.24) is 9.66 Å². The lowest BCUT2D eigenvalue weighted by atomic mass is 10.2. The molecule has 0 saturated carbocycles. The maximum atomic E-state index is 13.0. The van der Waals surface area contributed by atoms with Gasteiger partial charge in [-0.3, -0.25) is 4.79 Å². The fourth-order valence-corrected chi connectivity index (χ4v) is 2.87. The van der Waals surface area contributed by atoms with Crippen molar-refractivity contribution in [3.63, 3.8) is 0 Å². The van der Waals surface area contributed by atoms with Crippen LogP contribution in [-0.2, 0) is 13.2 Å². The summed E-state index contributed by atoms with van der Waals surface area (Å²) >= 11 is 0. The zero-order valence-electron chi connectivity index (χ0n) is 14.7. The second-order valence-electron chi connectivity index (χ2n) is 6.11. The van der Waals surface area contributed by atoms with Gasteiger partial charge in [-0.25, -0.2) is 9.66 Å². The highest BCUT2D eigenvalue weighted by Gasteiger charge is 2.11. The van der Waals surface area contributed by atoms with Gasteiger partial charge in [-0.05, 0) is 29.8 Å². The lowest BCUT2D eigenvalue weighted by molar-refractivity contribution is 0.290. The first kappa shape index (κ1) is 16.8. The van der Waals surface area contributed by atoms with Crippen LogP contribution in [0.15, 0.2) is 89.7 Å². The monoisotopic (exact) mass is 357 g/mol. The Kier molecular flexibility index (Phi) is 4.83. The zero-order chi connectivity index (χ0) is 18.5. The zero-order valence-corrected chi connectivity index (χ0v) is 14.7. The van der Waals surface area contributed by atoms with Gasteiger partial charge in [0.2, 0.25) is 0 Å². The van der Waals surface area contributed by atoms with Crippen LogP contribution in [0.5, 0.6) is 5.75 Å². The van der Waals surface area contributed by atoms with Crippen LogP contribution in [0.25, 0.3) is 10.9 Å². The van der Waals surface area contributed by atoms with Gasteiger partial charge in [-0.2, -0.15) is 0 Å². The number of nitrogens with zero attached hydrogens (tertiary/aromatic N) is 2. The van der Waals surface area contributed by atoms with Gasteiger partial charge in [0.25, 0.3) is 5.56 Å². The first-order chi connectivity index (χ1) is 13.3. The highest BCUT2D eigenvalue weighted by atomic mass is 16.5. The van der Waals surface area contributed by atoms with E-state index in [4.69, 9.17) is 4.74 Å². The normalized spacial score (nSPS) is 10.7. The second-order valence-corrected chi connectivity index (χ2v) is 6.11. The van der Waals surface area contributed by atoms with E-state index in [-0.39, 0.29) is 12.2 Å². The Hall–Kier alpha value is -3.60. The number of rotatable bonds is 6. The van der Waals surface area contributed by atoms with Crippen LogP contribution in [0.2, 0.25) is 0 Å². The van der Waals surface area contributed by atoms with Crippen LogP contribution < -0.4 is 15.7 Å². The minimum absolute atomic E-state index is 0.136. The average Bonchev–Trinajstić information content (AvgIpc) is 2.73. The van der Waals surface area contributed by atoms with Crippen molar-refractivity contribution in [3.05, 3.63) is 107 Å². The van der Waals surface area contributed by atoms with E-state index >= 15 is 0 Å². The van der Waals surface area contributed by atoms with Gasteiger partial charge in [-0.15, -0.1) is 0 Å². The molecule has 0 saturated heterocycles. The molecule has 0 radical (unpaired) electrons. The maximum Gasteiger partial charge on any atom is 0.280 e. The van der Waals surface area contributed by atoms with Crippen molar-refractivity contribution in [2.75, 3.05) is 5.43 Å². The van der Waals surface area contributed by atoms with Crippen molar-refractivity contribution < 1.29 is 4.74 Å². The van der Waals surface area contributed by atoms with E-state index in [2.05, 4.69) is 10.4 Å². The van der Waals surface area contributed by atoms with E-state index in [1.165, 1.54) is 4.68 Å². The predicted octanol–water partition coefficient (Wildman–Crippen LogP) is 3.72. The molecule has 0 aliphatic carbocycles. The fraction of sp³-hybridized carbons (Fsp3) is 0.0909. The molecule has 4 rings (SSSR count). The summed E-state index contributed by atoms with van der Waals surface area (Å²) in [6, 6.07) is 26.7. The van der Waals surface area contributed by atoms with E-state index in [0.717, 1.165) is 11.3 Å². The van der Waals surface area contributed by atoms with Crippen molar-refractivity contribution >= 4 is 10.9 Å². The number of fused-ring (bicyclic) bond motifs is 1. The molecule has 0 spiro atoms. The molecule has 1 heterocycles. The van der Waals surface area contributed by atoms with Crippen molar-refractivity contribution in [3.8, 4) is 5.75 Å². The summed E-state index contributed by atoms with van der Waals surface area (Å²) in [4.78, 5) is 17.6. The Morgan fingerprint density at radius 1 is 0.852 bits per heavy atom. The lowest BCUT2D eigenvalue weighted by Gasteiger charge is -2.16. The highest BCUT2D eigenvalue weighted by molar-refractivity contribution is 5.77. The molecule has 5 nitrogen and oxygen atoms in total. The first-order valence-corrected chi connectivity index (χ1v) is 8.77. The topological polar surface area (TPSA) is 56.1 Å². The Labute approximate surface area is 156 Å². The molecule has 0 aliphatic heterocycles. The quantitative estimate of drug-likeness (QED) is 0.571. The Balaban J connectivity index is 1.67. The molecule has 0 aliphatic rings. The van der Waals surface area contributed by atoms with Gasteiger partial charge < -0.3 is 10.2 Å². The van der Waals surface area contributed by atoms with Gasteiger partial charge in [0.15, 0.2) is 5.82 Å². The number of aromatic nitrogens is 2. The summed E-state index contributed by atoms with van der Waals surface area (Å²) in [5.74, 6) is 1.26. The smallest absolute Gasteiger partial charge is 0.280 e. The highest BCUT2D eigenvalue weighted by Crippen LogP contribution is 2.12. The van der Waals surface area contributed by atoms with Crippen LogP contribution in [-0.4, -0.2) is 9.66 Å². The first-order valence-electron chi connectivity index (χ1n) is 8.77. The molecule has 134 valence electrons. The molecular weight excluding hydrogens is 338 g/mol. The fourth-order valence-electron chi connectivity index (χ4n) is 2.87. The summed E-state index contributed by atoms with van der Waals surface area (Å²) in [5, 5.41) is 0.571. The molecule has 4 aromatic rings. The Morgan fingerprint density at radius 2 is 1.52 bits per heavy atom.